The van der Waals surface area contributed by atoms with E-state index in [0.717, 1.165) is 22.9 Å². The van der Waals surface area contributed by atoms with E-state index in [2.05, 4.69) is 15.2 Å². The smallest absolute Gasteiger partial charge is 0.216 e. The summed E-state index contributed by atoms with van der Waals surface area (Å²) in [5.41, 5.74) is 5.60. The summed E-state index contributed by atoms with van der Waals surface area (Å²) in [5, 5.41) is 7.79. The Bertz CT molecular complexity index is 406. The van der Waals surface area contributed by atoms with Gasteiger partial charge in [-0.15, -0.1) is 5.10 Å². The first-order valence-electron chi connectivity index (χ1n) is 6.58. The van der Waals surface area contributed by atoms with Gasteiger partial charge in [0.05, 0.1) is 0 Å². The number of nitrogens with one attached hydrogen (secondary N) is 1. The second-order valence-electron chi connectivity index (χ2n) is 6.21. The zero-order chi connectivity index (χ0) is 11.5. The Morgan fingerprint density at radius 1 is 1.12 bits per heavy atom. The fourth-order valence-electron chi connectivity index (χ4n) is 4.65. The number of hydrogen-bond acceptors (Lipinski definition) is 4. The van der Waals surface area contributed by atoms with Crippen molar-refractivity contribution >= 4 is 17.7 Å². The van der Waals surface area contributed by atoms with Gasteiger partial charge in [0.2, 0.25) is 11.1 Å². The monoisotopic (exact) mass is 250 g/mol. The lowest BCUT2D eigenvalue weighted by atomic mass is 9.56. The van der Waals surface area contributed by atoms with E-state index in [0.29, 0.717) is 10.7 Å². The molecule has 1 aromatic heterocycles. The van der Waals surface area contributed by atoms with Crippen molar-refractivity contribution in [3.63, 3.8) is 0 Å². The van der Waals surface area contributed by atoms with Gasteiger partial charge >= 0.3 is 0 Å². The highest BCUT2D eigenvalue weighted by molar-refractivity contribution is 8.00. The van der Waals surface area contributed by atoms with Crippen molar-refractivity contribution in [3.8, 4) is 0 Å². The molecule has 0 atom stereocenters. The molecule has 0 aromatic carbocycles. The summed E-state index contributed by atoms with van der Waals surface area (Å²) in [6.07, 6.45) is 8.57. The van der Waals surface area contributed by atoms with Gasteiger partial charge in [-0.1, -0.05) is 11.8 Å². The fraction of sp³-hybridized carbons (Fsp3) is 0.833. The molecule has 4 saturated carbocycles. The van der Waals surface area contributed by atoms with Crippen LogP contribution in [0.1, 0.15) is 38.5 Å². The first kappa shape index (κ1) is 10.2. The molecule has 0 spiro atoms. The Labute approximate surface area is 105 Å². The van der Waals surface area contributed by atoms with Crippen LogP contribution < -0.4 is 5.73 Å². The minimum absolute atomic E-state index is 0.434. The number of H-pyrrole nitrogens is 1. The van der Waals surface area contributed by atoms with Crippen LogP contribution in [0.2, 0.25) is 0 Å². The molecule has 4 fully saturated rings. The van der Waals surface area contributed by atoms with Crippen molar-refractivity contribution < 1.29 is 0 Å². The highest BCUT2D eigenvalue weighted by Gasteiger charge is 2.51. The lowest BCUT2D eigenvalue weighted by molar-refractivity contribution is 0.0382. The number of hydrogen-bond donors (Lipinski definition) is 2. The van der Waals surface area contributed by atoms with E-state index in [1.54, 1.807) is 0 Å². The normalized spacial score (nSPS) is 43.2. The summed E-state index contributed by atoms with van der Waals surface area (Å²) in [6.45, 7) is 0. The topological polar surface area (TPSA) is 67.6 Å². The van der Waals surface area contributed by atoms with Crippen LogP contribution in [0.4, 0.5) is 5.95 Å². The van der Waals surface area contributed by atoms with Crippen LogP contribution in [0.3, 0.4) is 0 Å². The highest BCUT2D eigenvalue weighted by Crippen LogP contribution is 2.61. The molecule has 0 saturated heterocycles. The van der Waals surface area contributed by atoms with Gasteiger partial charge in [-0.25, -0.2) is 5.10 Å². The highest BCUT2D eigenvalue weighted by atomic mass is 32.2. The van der Waals surface area contributed by atoms with Crippen LogP contribution >= 0.6 is 11.8 Å². The first-order chi connectivity index (χ1) is 8.21. The Kier molecular flexibility index (Phi) is 2.05. The van der Waals surface area contributed by atoms with Crippen molar-refractivity contribution in [2.24, 2.45) is 17.8 Å². The Balaban J connectivity index is 1.60. The van der Waals surface area contributed by atoms with Crippen LogP contribution in [0.15, 0.2) is 5.16 Å². The molecule has 5 heteroatoms. The Morgan fingerprint density at radius 2 is 1.71 bits per heavy atom. The molecule has 1 heterocycles. The number of anilines is 1. The van der Waals surface area contributed by atoms with Crippen molar-refractivity contribution in [3.05, 3.63) is 0 Å². The van der Waals surface area contributed by atoms with Crippen molar-refractivity contribution in [1.82, 2.24) is 15.2 Å². The largest absolute Gasteiger partial charge is 0.368 e. The molecular weight excluding hydrogens is 232 g/mol. The van der Waals surface area contributed by atoms with Crippen LogP contribution in [0.5, 0.6) is 0 Å². The van der Waals surface area contributed by atoms with E-state index in [1.165, 1.54) is 38.5 Å². The number of nitrogens with zero attached hydrogens (tertiary/aromatic N) is 2. The quantitative estimate of drug-likeness (QED) is 0.846. The third-order valence-corrected chi connectivity index (χ3v) is 6.07. The predicted molar refractivity (Wildman–Crippen MR) is 67.6 cm³/mol. The number of nitrogens with two attached hydrogens (primary N) is 1. The Morgan fingerprint density at radius 3 is 2.18 bits per heavy atom. The van der Waals surface area contributed by atoms with Gasteiger partial charge in [0, 0.05) is 4.75 Å². The number of rotatable bonds is 2. The lowest BCUT2D eigenvalue weighted by Gasteiger charge is -2.56. The van der Waals surface area contributed by atoms with E-state index in [1.807, 2.05) is 11.8 Å². The van der Waals surface area contributed by atoms with Gasteiger partial charge in [0.25, 0.3) is 0 Å². The molecule has 1 aromatic rings. The molecule has 92 valence electrons. The zero-order valence-electron chi connectivity index (χ0n) is 9.85. The minimum Gasteiger partial charge on any atom is -0.368 e. The van der Waals surface area contributed by atoms with Gasteiger partial charge in [0.15, 0.2) is 0 Å². The minimum atomic E-state index is 0.434. The number of aromatic nitrogens is 3. The summed E-state index contributed by atoms with van der Waals surface area (Å²) < 4.78 is 0.434. The fourth-order valence-corrected chi connectivity index (χ4v) is 6.23. The molecule has 3 N–H and O–H groups in total. The number of aromatic amines is 1. The van der Waals surface area contributed by atoms with E-state index >= 15 is 0 Å². The lowest BCUT2D eigenvalue weighted by Crippen LogP contribution is -2.48. The maximum atomic E-state index is 5.60. The average molecular weight is 250 g/mol. The molecule has 0 radical (unpaired) electrons. The van der Waals surface area contributed by atoms with E-state index in [-0.39, 0.29) is 0 Å². The Hall–Kier alpha value is -0.710. The molecule has 0 unspecified atom stereocenters. The molecular formula is C12H18N4S. The zero-order valence-corrected chi connectivity index (χ0v) is 10.7. The summed E-state index contributed by atoms with van der Waals surface area (Å²) in [7, 11) is 0. The third-order valence-electron chi connectivity index (χ3n) is 4.77. The maximum absolute atomic E-state index is 5.60. The summed E-state index contributed by atoms with van der Waals surface area (Å²) in [4.78, 5) is 4.26. The first-order valence-corrected chi connectivity index (χ1v) is 7.39. The summed E-state index contributed by atoms with van der Waals surface area (Å²) in [6, 6.07) is 0. The second-order valence-corrected chi connectivity index (χ2v) is 7.64. The summed E-state index contributed by atoms with van der Waals surface area (Å²) >= 11 is 1.89. The number of thioether (sulfide) groups is 1. The molecule has 4 bridgehead atoms. The van der Waals surface area contributed by atoms with Crippen molar-refractivity contribution in [1.29, 1.82) is 0 Å². The van der Waals surface area contributed by atoms with Gasteiger partial charge < -0.3 is 5.73 Å². The number of nitrogen functional groups attached to an aromatic ring is 1. The van der Waals surface area contributed by atoms with E-state index in [9.17, 15) is 0 Å². The molecule has 0 amide bonds. The van der Waals surface area contributed by atoms with Crippen LogP contribution in [0, 0.1) is 17.8 Å². The van der Waals surface area contributed by atoms with E-state index < -0.39 is 0 Å². The van der Waals surface area contributed by atoms with E-state index in [4.69, 9.17) is 5.73 Å². The second kappa shape index (κ2) is 3.40. The van der Waals surface area contributed by atoms with Gasteiger partial charge in [-0.3, -0.25) is 0 Å². The average Bonchev–Trinajstić information content (AvgIpc) is 2.60. The standard InChI is InChI=1S/C12H18N4S/c13-10-14-11(16-15-10)17-12-4-7-1-8(5-12)3-9(2-7)6-12/h7-9H,1-6H2,(H3,13,14,15,16). The molecule has 4 nitrogen and oxygen atoms in total. The van der Waals surface area contributed by atoms with Crippen LogP contribution in [-0.2, 0) is 0 Å². The van der Waals surface area contributed by atoms with Crippen LogP contribution in [0.25, 0.3) is 0 Å². The predicted octanol–water partition coefficient (Wildman–Crippen LogP) is 2.45. The van der Waals surface area contributed by atoms with Crippen molar-refractivity contribution in [2.45, 2.75) is 48.4 Å². The van der Waals surface area contributed by atoms with Gasteiger partial charge in [0.1, 0.15) is 0 Å². The summed E-state index contributed by atoms with van der Waals surface area (Å²) in [5.74, 6) is 3.37. The molecule has 4 aliphatic rings. The SMILES string of the molecule is Nc1nc(SC23CC4CC(CC(C4)C2)C3)n[nH]1. The molecule has 0 aliphatic heterocycles. The third kappa shape index (κ3) is 1.66. The van der Waals surface area contributed by atoms with Crippen molar-refractivity contribution in [2.75, 3.05) is 5.73 Å². The maximum Gasteiger partial charge on any atom is 0.216 e. The van der Waals surface area contributed by atoms with Gasteiger partial charge in [-0.2, -0.15) is 4.98 Å². The van der Waals surface area contributed by atoms with Crippen LogP contribution in [-0.4, -0.2) is 19.9 Å². The van der Waals surface area contributed by atoms with Gasteiger partial charge in [-0.05, 0) is 56.3 Å². The molecule has 5 rings (SSSR count). The molecule has 17 heavy (non-hydrogen) atoms. The molecule has 4 aliphatic carbocycles.